The highest BCUT2D eigenvalue weighted by atomic mass is 35.5. The summed E-state index contributed by atoms with van der Waals surface area (Å²) < 4.78 is 15.0. The van der Waals surface area contributed by atoms with Gasteiger partial charge in [-0.25, -0.2) is 0 Å². The van der Waals surface area contributed by atoms with Crippen LogP contribution in [0.5, 0.6) is 5.75 Å². The second-order valence-corrected chi connectivity index (χ2v) is 11.1. The van der Waals surface area contributed by atoms with Crippen molar-refractivity contribution in [2.45, 2.75) is 44.2 Å². The maximum atomic E-state index is 13.9. The smallest absolute Gasteiger partial charge is 0.252 e. The number of hydrogen-bond donors (Lipinski definition) is 1. The number of aromatic nitrogens is 3. The minimum atomic E-state index is -0.834. The van der Waals surface area contributed by atoms with Crippen LogP contribution in [0.2, 0.25) is 5.02 Å². The topological polar surface area (TPSA) is 109 Å². The van der Waals surface area contributed by atoms with E-state index >= 15 is 0 Å². The number of nitrogens with one attached hydrogen (secondary N) is 1. The standard InChI is InChI=1S/C31H32ClN5O5/c1-36-17-19-13-21(7-9-26(19)34-36)33-31(39)28(15-22-5-3-4-11-41-22)37-18-29(40-2)25(16-30(37)38)24-14-20(32)6-8-23(24)27-10-12-42-35-27/h6-9,13-14,16-18,22,28H,3-5,10-12,15H2,1-2H3,(H,33,39)/t22-,28?/m0/s1. The number of methoxy groups -OCH3 is 1. The van der Waals surface area contributed by atoms with Gasteiger partial charge in [0.15, 0.2) is 0 Å². The Morgan fingerprint density at radius 2 is 2.00 bits per heavy atom. The van der Waals surface area contributed by atoms with Crippen molar-refractivity contribution in [1.82, 2.24) is 14.3 Å². The van der Waals surface area contributed by atoms with E-state index in [2.05, 4.69) is 15.6 Å². The number of fused-ring (bicyclic) bond motifs is 1. The lowest BCUT2D eigenvalue weighted by molar-refractivity contribution is -0.121. The van der Waals surface area contributed by atoms with E-state index in [1.165, 1.54) is 17.7 Å². The fraction of sp³-hybridized carbons (Fsp3) is 0.355. The number of oxime groups is 1. The average Bonchev–Trinajstić information content (AvgIpc) is 3.65. The maximum absolute atomic E-state index is 13.9. The summed E-state index contributed by atoms with van der Waals surface area (Å²) in [6, 6.07) is 11.6. The Morgan fingerprint density at radius 3 is 2.76 bits per heavy atom. The molecule has 4 aromatic rings. The van der Waals surface area contributed by atoms with Gasteiger partial charge < -0.3 is 19.6 Å². The largest absolute Gasteiger partial charge is 0.495 e. The first-order chi connectivity index (χ1) is 20.4. The monoisotopic (exact) mass is 589 g/mol. The molecule has 0 saturated carbocycles. The minimum Gasteiger partial charge on any atom is -0.495 e. The summed E-state index contributed by atoms with van der Waals surface area (Å²) in [5.41, 5.74) is 3.94. The number of pyridine rings is 1. The van der Waals surface area contributed by atoms with E-state index in [9.17, 15) is 9.59 Å². The number of ether oxygens (including phenoxy) is 2. The first-order valence-corrected chi connectivity index (χ1v) is 14.4. The number of nitrogens with zero attached hydrogens (tertiary/aromatic N) is 4. The molecule has 2 aliphatic rings. The lowest BCUT2D eigenvalue weighted by Gasteiger charge is -2.28. The molecule has 0 bridgehead atoms. The van der Waals surface area contributed by atoms with Gasteiger partial charge in [-0.15, -0.1) is 0 Å². The Kier molecular flexibility index (Phi) is 7.99. The van der Waals surface area contributed by atoms with Crippen LogP contribution in [0.4, 0.5) is 5.69 Å². The Balaban J connectivity index is 1.39. The molecule has 1 fully saturated rings. The lowest BCUT2D eigenvalue weighted by Crippen LogP contribution is -2.36. The zero-order valence-corrected chi connectivity index (χ0v) is 24.3. The van der Waals surface area contributed by atoms with Gasteiger partial charge in [0.25, 0.3) is 5.56 Å². The molecule has 0 radical (unpaired) electrons. The average molecular weight is 590 g/mol. The summed E-state index contributed by atoms with van der Waals surface area (Å²) in [6.45, 7) is 1.13. The van der Waals surface area contributed by atoms with Crippen molar-refractivity contribution in [2.24, 2.45) is 12.2 Å². The van der Waals surface area contributed by atoms with Crippen molar-refractivity contribution < 1.29 is 19.1 Å². The number of carbonyl (C=O) groups is 1. The van der Waals surface area contributed by atoms with Crippen LogP contribution in [0.1, 0.15) is 43.7 Å². The van der Waals surface area contributed by atoms with Crippen LogP contribution >= 0.6 is 11.6 Å². The molecule has 2 aromatic carbocycles. The molecule has 4 heterocycles. The summed E-state index contributed by atoms with van der Waals surface area (Å²) in [4.78, 5) is 32.9. The second-order valence-electron chi connectivity index (χ2n) is 10.6. The van der Waals surface area contributed by atoms with Crippen LogP contribution in [0.25, 0.3) is 22.0 Å². The molecule has 42 heavy (non-hydrogen) atoms. The van der Waals surface area contributed by atoms with Gasteiger partial charge in [0.1, 0.15) is 18.4 Å². The molecule has 2 aliphatic heterocycles. The predicted octanol–water partition coefficient (Wildman–Crippen LogP) is 5.33. The van der Waals surface area contributed by atoms with Crippen LogP contribution in [0, 0.1) is 0 Å². The molecule has 1 N–H and O–H groups in total. The Bertz CT molecular complexity index is 1720. The molecule has 2 aromatic heterocycles. The van der Waals surface area contributed by atoms with E-state index in [1.54, 1.807) is 23.0 Å². The molecule has 1 amide bonds. The molecule has 10 nitrogen and oxygen atoms in total. The Labute approximate surface area is 247 Å². The van der Waals surface area contributed by atoms with E-state index < -0.39 is 6.04 Å². The number of benzene rings is 2. The fourth-order valence-electron chi connectivity index (χ4n) is 5.67. The van der Waals surface area contributed by atoms with E-state index in [0.29, 0.717) is 53.6 Å². The zero-order chi connectivity index (χ0) is 29.2. The molecule has 6 rings (SSSR count). The molecule has 218 valence electrons. The first-order valence-electron chi connectivity index (χ1n) is 14.0. The zero-order valence-electron chi connectivity index (χ0n) is 23.5. The molecule has 1 unspecified atom stereocenters. The summed E-state index contributed by atoms with van der Waals surface area (Å²) in [5, 5.41) is 13.0. The molecular weight excluding hydrogens is 558 g/mol. The van der Waals surface area contributed by atoms with Gasteiger partial charge in [-0.1, -0.05) is 22.8 Å². The van der Waals surface area contributed by atoms with Crippen LogP contribution < -0.4 is 15.6 Å². The van der Waals surface area contributed by atoms with Crippen molar-refractivity contribution in [1.29, 1.82) is 0 Å². The van der Waals surface area contributed by atoms with Crippen LogP contribution in [0.15, 0.2) is 64.8 Å². The van der Waals surface area contributed by atoms with Crippen molar-refractivity contribution in [3.05, 3.63) is 75.8 Å². The highest BCUT2D eigenvalue weighted by Gasteiger charge is 2.29. The van der Waals surface area contributed by atoms with E-state index in [1.807, 2.05) is 37.5 Å². The second kappa shape index (κ2) is 12.0. The van der Waals surface area contributed by atoms with Gasteiger partial charge in [0.05, 0.1) is 30.6 Å². The van der Waals surface area contributed by atoms with Gasteiger partial charge in [0, 0.05) is 66.0 Å². The summed E-state index contributed by atoms with van der Waals surface area (Å²) in [6.07, 6.45) is 7.16. The van der Waals surface area contributed by atoms with Crippen LogP contribution in [-0.4, -0.2) is 52.4 Å². The first kappa shape index (κ1) is 28.0. The number of aryl methyl sites for hydroxylation is 1. The summed E-state index contributed by atoms with van der Waals surface area (Å²) >= 11 is 6.39. The summed E-state index contributed by atoms with van der Waals surface area (Å²) in [7, 11) is 3.39. The fourth-order valence-corrected chi connectivity index (χ4v) is 5.85. The Hall–Kier alpha value is -4.15. The molecular formula is C31H32ClN5O5. The number of carbonyl (C=O) groups excluding carboxylic acids is 1. The van der Waals surface area contributed by atoms with Crippen LogP contribution in [-0.2, 0) is 21.4 Å². The van der Waals surface area contributed by atoms with Crippen molar-refractivity contribution >= 4 is 39.8 Å². The number of amides is 1. The van der Waals surface area contributed by atoms with Gasteiger partial charge in [0.2, 0.25) is 5.91 Å². The molecule has 0 spiro atoms. The van der Waals surface area contributed by atoms with Gasteiger partial charge in [-0.05, 0) is 55.2 Å². The molecule has 11 heteroatoms. The third kappa shape index (κ3) is 5.77. The van der Waals surface area contributed by atoms with Crippen molar-refractivity contribution in [3.63, 3.8) is 0 Å². The molecule has 2 atom stereocenters. The lowest BCUT2D eigenvalue weighted by atomic mass is 9.95. The Morgan fingerprint density at radius 1 is 1.12 bits per heavy atom. The third-order valence-corrected chi connectivity index (χ3v) is 7.97. The number of hydrogen-bond acceptors (Lipinski definition) is 7. The van der Waals surface area contributed by atoms with Crippen LogP contribution in [0.3, 0.4) is 0 Å². The normalized spacial score (nSPS) is 17.5. The SMILES string of the molecule is COc1cn(C(C[C@@H]2CCCCO2)C(=O)Nc2ccc3nn(C)cc3c2)c(=O)cc1-c1cc(Cl)ccc1C1=NOCC1. The number of rotatable bonds is 8. The van der Waals surface area contributed by atoms with Gasteiger partial charge in [-0.3, -0.25) is 18.8 Å². The van der Waals surface area contributed by atoms with E-state index in [-0.39, 0.29) is 17.6 Å². The number of anilines is 1. The minimum absolute atomic E-state index is 0.146. The molecule has 1 saturated heterocycles. The summed E-state index contributed by atoms with van der Waals surface area (Å²) in [5.74, 6) is 0.113. The quantitative estimate of drug-likeness (QED) is 0.298. The molecule has 0 aliphatic carbocycles. The highest BCUT2D eigenvalue weighted by Crippen LogP contribution is 2.35. The van der Waals surface area contributed by atoms with Gasteiger partial charge >= 0.3 is 0 Å². The van der Waals surface area contributed by atoms with Crippen molar-refractivity contribution in [2.75, 3.05) is 25.6 Å². The number of halogens is 1. The van der Waals surface area contributed by atoms with Crippen molar-refractivity contribution in [3.8, 4) is 16.9 Å². The van der Waals surface area contributed by atoms with E-state index in [4.69, 9.17) is 25.9 Å². The van der Waals surface area contributed by atoms with E-state index in [0.717, 1.165) is 41.4 Å². The highest BCUT2D eigenvalue weighted by molar-refractivity contribution is 6.31. The third-order valence-electron chi connectivity index (χ3n) is 7.74. The predicted molar refractivity (Wildman–Crippen MR) is 161 cm³/mol. The maximum Gasteiger partial charge on any atom is 0.252 e. The van der Waals surface area contributed by atoms with Gasteiger partial charge in [-0.2, -0.15) is 5.10 Å².